The van der Waals surface area contributed by atoms with Gasteiger partial charge in [0, 0.05) is 6.54 Å². The number of nitrogens with one attached hydrogen (secondary N) is 1. The van der Waals surface area contributed by atoms with Crippen LogP contribution in [0.1, 0.15) is 24.5 Å². The van der Waals surface area contributed by atoms with Gasteiger partial charge in [0.1, 0.15) is 5.82 Å². The van der Waals surface area contributed by atoms with Crippen molar-refractivity contribution in [3.8, 4) is 0 Å². The van der Waals surface area contributed by atoms with Crippen LogP contribution in [0.5, 0.6) is 0 Å². The average Bonchev–Trinajstić information content (AvgIpc) is 3.05. The summed E-state index contributed by atoms with van der Waals surface area (Å²) < 4.78 is 12.9. The van der Waals surface area contributed by atoms with Crippen molar-refractivity contribution in [2.45, 2.75) is 24.5 Å². The molecule has 2 rings (SSSR count). The quantitative estimate of drug-likeness (QED) is 0.713. The molecular formula is C12H15FN2O2. The molecule has 0 spiro atoms. The first-order valence-electron chi connectivity index (χ1n) is 5.52. The summed E-state index contributed by atoms with van der Waals surface area (Å²) in [6, 6.07) is 5.66. The monoisotopic (exact) mass is 238 g/mol. The van der Waals surface area contributed by atoms with Crippen LogP contribution in [0.3, 0.4) is 0 Å². The van der Waals surface area contributed by atoms with Gasteiger partial charge in [-0.25, -0.2) is 4.39 Å². The third kappa shape index (κ3) is 2.81. The van der Waals surface area contributed by atoms with Crippen molar-refractivity contribution in [3.63, 3.8) is 0 Å². The third-order valence-corrected chi connectivity index (χ3v) is 2.93. The molecule has 5 heteroatoms. The predicted octanol–water partition coefficient (Wildman–Crippen LogP) is 0.467. The Bertz CT molecular complexity index is 432. The standard InChI is InChI=1S/C12H15FN2O2/c13-9-3-1-2-8(6-9)10(16)7-15-11(17)12(14)4-5-12/h1-3,6,10,16H,4-5,7,14H2,(H,15,17). The zero-order valence-corrected chi connectivity index (χ0v) is 9.32. The molecule has 0 saturated heterocycles. The number of rotatable bonds is 4. The molecule has 17 heavy (non-hydrogen) atoms. The van der Waals surface area contributed by atoms with E-state index in [2.05, 4.69) is 5.32 Å². The molecule has 4 N–H and O–H groups in total. The minimum absolute atomic E-state index is 0.0429. The second kappa shape index (κ2) is 4.43. The Morgan fingerprint density at radius 3 is 2.88 bits per heavy atom. The summed E-state index contributed by atoms with van der Waals surface area (Å²) in [5.74, 6) is -0.668. The van der Waals surface area contributed by atoms with Gasteiger partial charge in [0.2, 0.25) is 5.91 Å². The lowest BCUT2D eigenvalue weighted by atomic mass is 10.1. The van der Waals surface area contributed by atoms with Gasteiger partial charge in [-0.2, -0.15) is 0 Å². The maximum atomic E-state index is 12.9. The first-order valence-corrected chi connectivity index (χ1v) is 5.52. The normalized spacial score (nSPS) is 18.5. The van der Waals surface area contributed by atoms with E-state index in [-0.39, 0.29) is 12.5 Å². The zero-order chi connectivity index (χ0) is 12.5. The number of aliphatic hydroxyl groups excluding tert-OH is 1. The van der Waals surface area contributed by atoms with Gasteiger partial charge in [0.05, 0.1) is 11.6 Å². The van der Waals surface area contributed by atoms with Gasteiger partial charge in [-0.15, -0.1) is 0 Å². The van der Waals surface area contributed by atoms with Crippen LogP contribution in [0.4, 0.5) is 4.39 Å². The van der Waals surface area contributed by atoms with Gasteiger partial charge >= 0.3 is 0 Å². The summed E-state index contributed by atoms with van der Waals surface area (Å²) in [5.41, 5.74) is 5.37. The summed E-state index contributed by atoms with van der Waals surface area (Å²) in [6.45, 7) is 0.0429. The van der Waals surface area contributed by atoms with Crippen LogP contribution in [0, 0.1) is 5.82 Å². The Morgan fingerprint density at radius 2 is 2.29 bits per heavy atom. The summed E-state index contributed by atoms with van der Waals surface area (Å²) in [6.07, 6.45) is 0.432. The van der Waals surface area contributed by atoms with Crippen LogP contribution in [0.2, 0.25) is 0 Å². The van der Waals surface area contributed by atoms with Crippen molar-refractivity contribution in [1.29, 1.82) is 0 Å². The van der Waals surface area contributed by atoms with Crippen LogP contribution in [0.25, 0.3) is 0 Å². The highest BCUT2D eigenvalue weighted by molar-refractivity contribution is 5.88. The zero-order valence-electron chi connectivity index (χ0n) is 9.32. The molecule has 4 nitrogen and oxygen atoms in total. The molecule has 92 valence electrons. The topological polar surface area (TPSA) is 75.4 Å². The van der Waals surface area contributed by atoms with Gasteiger partial charge in [-0.1, -0.05) is 12.1 Å². The van der Waals surface area contributed by atoms with Crippen molar-refractivity contribution in [3.05, 3.63) is 35.6 Å². The number of benzene rings is 1. The van der Waals surface area contributed by atoms with E-state index in [1.165, 1.54) is 18.2 Å². The maximum absolute atomic E-state index is 12.9. The minimum Gasteiger partial charge on any atom is -0.387 e. The molecule has 0 aromatic heterocycles. The van der Waals surface area contributed by atoms with Crippen LogP contribution >= 0.6 is 0 Å². The molecule has 1 aromatic carbocycles. The minimum atomic E-state index is -0.919. The molecule has 1 unspecified atom stereocenters. The van der Waals surface area contributed by atoms with E-state index in [0.29, 0.717) is 18.4 Å². The fourth-order valence-electron chi connectivity index (χ4n) is 1.56. The van der Waals surface area contributed by atoms with Crippen molar-refractivity contribution in [2.75, 3.05) is 6.54 Å². The van der Waals surface area contributed by atoms with Crippen LogP contribution < -0.4 is 11.1 Å². The number of aliphatic hydroxyl groups is 1. The molecule has 1 atom stereocenters. The van der Waals surface area contributed by atoms with Crippen molar-refractivity contribution < 1.29 is 14.3 Å². The lowest BCUT2D eigenvalue weighted by Crippen LogP contribution is -2.44. The lowest BCUT2D eigenvalue weighted by molar-refractivity contribution is -0.123. The highest BCUT2D eigenvalue weighted by atomic mass is 19.1. The Hall–Kier alpha value is -1.46. The fraction of sp³-hybridized carbons (Fsp3) is 0.417. The molecule has 1 aliphatic rings. The lowest BCUT2D eigenvalue weighted by Gasteiger charge is -2.14. The molecule has 0 radical (unpaired) electrons. The second-order valence-corrected chi connectivity index (χ2v) is 4.44. The molecule has 1 saturated carbocycles. The van der Waals surface area contributed by atoms with E-state index in [1.54, 1.807) is 6.07 Å². The highest BCUT2D eigenvalue weighted by Crippen LogP contribution is 2.32. The number of halogens is 1. The Kier molecular flexibility index (Phi) is 3.13. The van der Waals surface area contributed by atoms with Crippen LogP contribution in [0.15, 0.2) is 24.3 Å². The molecule has 1 fully saturated rings. The van der Waals surface area contributed by atoms with Crippen LogP contribution in [-0.4, -0.2) is 23.1 Å². The first kappa shape index (κ1) is 12.0. The number of hydrogen-bond acceptors (Lipinski definition) is 3. The number of hydrogen-bond donors (Lipinski definition) is 3. The van der Waals surface area contributed by atoms with Crippen LogP contribution in [-0.2, 0) is 4.79 Å². The van der Waals surface area contributed by atoms with Gasteiger partial charge in [0.25, 0.3) is 0 Å². The van der Waals surface area contributed by atoms with Crippen molar-refractivity contribution in [2.24, 2.45) is 5.73 Å². The molecule has 0 bridgehead atoms. The van der Waals surface area contributed by atoms with E-state index in [0.717, 1.165) is 0 Å². The number of carbonyl (C=O) groups excluding carboxylic acids is 1. The smallest absolute Gasteiger partial charge is 0.240 e. The Labute approximate surface area is 98.6 Å². The predicted molar refractivity (Wildman–Crippen MR) is 60.5 cm³/mol. The number of carbonyl (C=O) groups is 1. The maximum Gasteiger partial charge on any atom is 0.240 e. The summed E-state index contributed by atoms with van der Waals surface area (Å²) in [7, 11) is 0. The summed E-state index contributed by atoms with van der Waals surface area (Å²) in [4.78, 5) is 11.5. The average molecular weight is 238 g/mol. The molecule has 1 aromatic rings. The van der Waals surface area contributed by atoms with Crippen molar-refractivity contribution >= 4 is 5.91 Å². The SMILES string of the molecule is NC1(C(=O)NCC(O)c2cccc(F)c2)CC1. The van der Waals surface area contributed by atoms with Crippen molar-refractivity contribution in [1.82, 2.24) is 5.32 Å². The summed E-state index contributed by atoms with van der Waals surface area (Å²) >= 11 is 0. The van der Waals surface area contributed by atoms with Gasteiger partial charge < -0.3 is 16.2 Å². The van der Waals surface area contributed by atoms with E-state index in [4.69, 9.17) is 5.73 Å². The Balaban J connectivity index is 1.89. The van der Waals surface area contributed by atoms with E-state index in [9.17, 15) is 14.3 Å². The highest BCUT2D eigenvalue weighted by Gasteiger charge is 2.45. The van der Waals surface area contributed by atoms with E-state index in [1.807, 2.05) is 0 Å². The Morgan fingerprint density at radius 1 is 1.59 bits per heavy atom. The largest absolute Gasteiger partial charge is 0.387 e. The molecule has 0 aliphatic heterocycles. The van der Waals surface area contributed by atoms with Gasteiger partial charge in [0.15, 0.2) is 0 Å². The number of amides is 1. The molecular weight excluding hydrogens is 223 g/mol. The van der Waals surface area contributed by atoms with E-state index >= 15 is 0 Å². The van der Waals surface area contributed by atoms with Gasteiger partial charge in [-0.05, 0) is 30.5 Å². The van der Waals surface area contributed by atoms with Gasteiger partial charge in [-0.3, -0.25) is 4.79 Å². The fourth-order valence-corrected chi connectivity index (χ4v) is 1.56. The molecule has 1 amide bonds. The second-order valence-electron chi connectivity index (χ2n) is 4.44. The third-order valence-electron chi connectivity index (χ3n) is 2.93. The first-order chi connectivity index (χ1) is 8.01. The molecule has 0 heterocycles. The number of nitrogens with two attached hydrogens (primary N) is 1. The molecule has 1 aliphatic carbocycles. The van der Waals surface area contributed by atoms with E-state index < -0.39 is 17.5 Å². The summed E-state index contributed by atoms with van der Waals surface area (Å²) in [5, 5.41) is 12.3.